The molecule has 0 heterocycles. The van der Waals surface area contributed by atoms with Crippen LogP contribution < -0.4 is 15.4 Å². The van der Waals surface area contributed by atoms with E-state index in [0.29, 0.717) is 29.0 Å². The van der Waals surface area contributed by atoms with Crippen LogP contribution in [0.1, 0.15) is 38.8 Å². The SMILES string of the molecule is CCCOc1ccccc1NC(=O)CNC(c1ccc(Cl)cc1)C(C)C. The third-order valence-electron chi connectivity index (χ3n) is 4.00. The molecule has 2 aromatic rings. The highest BCUT2D eigenvalue weighted by Gasteiger charge is 2.17. The van der Waals surface area contributed by atoms with E-state index in [1.54, 1.807) is 0 Å². The summed E-state index contributed by atoms with van der Waals surface area (Å²) in [6.45, 7) is 7.13. The van der Waals surface area contributed by atoms with Gasteiger partial charge in [-0.2, -0.15) is 0 Å². The lowest BCUT2D eigenvalue weighted by Crippen LogP contribution is -2.33. The van der Waals surface area contributed by atoms with Crippen LogP contribution in [-0.4, -0.2) is 19.1 Å². The van der Waals surface area contributed by atoms with Gasteiger partial charge in [-0.1, -0.05) is 56.6 Å². The smallest absolute Gasteiger partial charge is 0.238 e. The Bertz CT molecular complexity index is 701. The molecule has 0 saturated carbocycles. The molecule has 140 valence electrons. The van der Waals surface area contributed by atoms with Crippen LogP contribution in [-0.2, 0) is 4.79 Å². The third kappa shape index (κ3) is 6.04. The molecule has 0 aromatic heterocycles. The molecule has 0 saturated heterocycles. The van der Waals surface area contributed by atoms with Crippen molar-refractivity contribution >= 4 is 23.2 Å². The lowest BCUT2D eigenvalue weighted by Gasteiger charge is -2.23. The minimum absolute atomic E-state index is 0.0737. The van der Waals surface area contributed by atoms with Gasteiger partial charge in [0, 0.05) is 11.1 Å². The van der Waals surface area contributed by atoms with Gasteiger partial charge >= 0.3 is 0 Å². The number of carbonyl (C=O) groups excluding carboxylic acids is 1. The predicted octanol–water partition coefficient (Wildman–Crippen LogP) is 5.05. The molecule has 0 spiro atoms. The van der Waals surface area contributed by atoms with E-state index in [4.69, 9.17) is 16.3 Å². The van der Waals surface area contributed by atoms with E-state index in [2.05, 4.69) is 24.5 Å². The van der Waals surface area contributed by atoms with Crippen molar-refractivity contribution < 1.29 is 9.53 Å². The molecule has 2 rings (SSSR count). The van der Waals surface area contributed by atoms with Crippen LogP contribution in [0.15, 0.2) is 48.5 Å². The van der Waals surface area contributed by atoms with Crippen molar-refractivity contribution in [2.75, 3.05) is 18.5 Å². The fraction of sp³-hybridized carbons (Fsp3) is 0.381. The zero-order chi connectivity index (χ0) is 18.9. The van der Waals surface area contributed by atoms with Crippen molar-refractivity contribution in [3.05, 3.63) is 59.1 Å². The first-order valence-electron chi connectivity index (χ1n) is 9.01. The maximum atomic E-state index is 12.4. The molecule has 1 unspecified atom stereocenters. The van der Waals surface area contributed by atoms with Gasteiger partial charge in [0.1, 0.15) is 5.75 Å². The van der Waals surface area contributed by atoms with Crippen molar-refractivity contribution in [3.8, 4) is 5.75 Å². The highest BCUT2D eigenvalue weighted by atomic mass is 35.5. The third-order valence-corrected chi connectivity index (χ3v) is 4.25. The normalized spacial score (nSPS) is 12.0. The Labute approximate surface area is 160 Å². The van der Waals surface area contributed by atoms with E-state index >= 15 is 0 Å². The van der Waals surface area contributed by atoms with Crippen molar-refractivity contribution in [2.24, 2.45) is 5.92 Å². The Balaban J connectivity index is 1.97. The minimum atomic E-state index is -0.0999. The molecular formula is C21H27ClN2O2. The predicted molar refractivity (Wildman–Crippen MR) is 108 cm³/mol. The lowest BCUT2D eigenvalue weighted by molar-refractivity contribution is -0.115. The molecule has 0 aliphatic rings. The maximum absolute atomic E-state index is 12.4. The van der Waals surface area contributed by atoms with Crippen LogP contribution in [0.25, 0.3) is 0 Å². The molecular weight excluding hydrogens is 348 g/mol. The second-order valence-electron chi connectivity index (χ2n) is 6.55. The van der Waals surface area contributed by atoms with Gasteiger partial charge in [0.25, 0.3) is 0 Å². The Morgan fingerprint density at radius 3 is 2.46 bits per heavy atom. The summed E-state index contributed by atoms with van der Waals surface area (Å²) < 4.78 is 5.68. The highest BCUT2D eigenvalue weighted by molar-refractivity contribution is 6.30. The number of carbonyl (C=O) groups is 1. The number of amides is 1. The minimum Gasteiger partial charge on any atom is -0.491 e. The Morgan fingerprint density at radius 2 is 1.81 bits per heavy atom. The summed E-state index contributed by atoms with van der Waals surface area (Å²) in [7, 11) is 0. The largest absolute Gasteiger partial charge is 0.491 e. The first kappa shape index (κ1) is 20.3. The molecule has 0 bridgehead atoms. The van der Waals surface area contributed by atoms with Crippen molar-refractivity contribution in [1.82, 2.24) is 5.32 Å². The molecule has 4 nitrogen and oxygen atoms in total. The van der Waals surface area contributed by atoms with Crippen LogP contribution in [0.3, 0.4) is 0 Å². The van der Waals surface area contributed by atoms with Gasteiger partial charge in [-0.15, -0.1) is 0 Å². The zero-order valence-electron chi connectivity index (χ0n) is 15.6. The summed E-state index contributed by atoms with van der Waals surface area (Å²) in [5, 5.41) is 6.97. The number of hydrogen-bond donors (Lipinski definition) is 2. The van der Waals surface area contributed by atoms with E-state index in [-0.39, 0.29) is 18.5 Å². The van der Waals surface area contributed by atoms with Crippen LogP contribution in [0.2, 0.25) is 5.02 Å². The maximum Gasteiger partial charge on any atom is 0.238 e. The fourth-order valence-corrected chi connectivity index (χ4v) is 2.84. The number of hydrogen-bond acceptors (Lipinski definition) is 3. The van der Waals surface area contributed by atoms with Gasteiger partial charge in [0.15, 0.2) is 0 Å². The Kier molecular flexibility index (Phi) is 7.95. The quantitative estimate of drug-likeness (QED) is 0.645. The topological polar surface area (TPSA) is 50.4 Å². The molecule has 1 amide bonds. The number of nitrogens with one attached hydrogen (secondary N) is 2. The Hall–Kier alpha value is -2.04. The number of para-hydroxylation sites is 2. The summed E-state index contributed by atoms with van der Waals surface area (Å²) in [5.41, 5.74) is 1.81. The van der Waals surface area contributed by atoms with Crippen LogP contribution in [0, 0.1) is 5.92 Å². The van der Waals surface area contributed by atoms with Gasteiger partial charge in [0.2, 0.25) is 5.91 Å². The second-order valence-corrected chi connectivity index (χ2v) is 6.98. The summed E-state index contributed by atoms with van der Waals surface area (Å²) in [4.78, 5) is 12.4. The fourth-order valence-electron chi connectivity index (χ4n) is 2.71. The van der Waals surface area contributed by atoms with Crippen LogP contribution in [0.4, 0.5) is 5.69 Å². The molecule has 0 radical (unpaired) electrons. The number of benzene rings is 2. The molecule has 0 fully saturated rings. The van der Waals surface area contributed by atoms with E-state index in [1.807, 2.05) is 55.5 Å². The molecule has 2 N–H and O–H groups in total. The van der Waals surface area contributed by atoms with Crippen molar-refractivity contribution in [3.63, 3.8) is 0 Å². The molecule has 26 heavy (non-hydrogen) atoms. The molecule has 1 atom stereocenters. The number of ether oxygens (including phenoxy) is 1. The molecule has 2 aromatic carbocycles. The summed E-state index contributed by atoms with van der Waals surface area (Å²) >= 11 is 5.97. The van der Waals surface area contributed by atoms with Gasteiger partial charge in [-0.25, -0.2) is 0 Å². The van der Waals surface area contributed by atoms with E-state index in [0.717, 1.165) is 12.0 Å². The average Bonchev–Trinajstić information content (AvgIpc) is 2.62. The van der Waals surface area contributed by atoms with E-state index in [1.165, 1.54) is 0 Å². The summed E-state index contributed by atoms with van der Waals surface area (Å²) in [6.07, 6.45) is 0.918. The van der Waals surface area contributed by atoms with Crippen molar-refractivity contribution in [2.45, 2.75) is 33.2 Å². The monoisotopic (exact) mass is 374 g/mol. The number of halogens is 1. The summed E-state index contributed by atoms with van der Waals surface area (Å²) in [5.74, 6) is 0.933. The van der Waals surface area contributed by atoms with E-state index in [9.17, 15) is 4.79 Å². The van der Waals surface area contributed by atoms with Crippen molar-refractivity contribution in [1.29, 1.82) is 0 Å². The zero-order valence-corrected chi connectivity index (χ0v) is 16.3. The number of rotatable bonds is 9. The molecule has 5 heteroatoms. The second kappa shape index (κ2) is 10.2. The van der Waals surface area contributed by atoms with Crippen LogP contribution in [0.5, 0.6) is 5.75 Å². The average molecular weight is 375 g/mol. The van der Waals surface area contributed by atoms with Crippen LogP contribution >= 0.6 is 11.6 Å². The molecule has 0 aliphatic heterocycles. The van der Waals surface area contributed by atoms with E-state index < -0.39 is 0 Å². The number of anilines is 1. The highest BCUT2D eigenvalue weighted by Crippen LogP contribution is 2.25. The summed E-state index contributed by atoms with van der Waals surface area (Å²) in [6, 6.07) is 15.3. The lowest BCUT2D eigenvalue weighted by atomic mass is 9.96. The van der Waals surface area contributed by atoms with Gasteiger partial charge in [-0.05, 0) is 42.2 Å². The first-order chi connectivity index (χ1) is 12.5. The first-order valence-corrected chi connectivity index (χ1v) is 9.39. The molecule has 0 aliphatic carbocycles. The standard InChI is InChI=1S/C21H27ClN2O2/c1-4-13-26-19-8-6-5-7-18(19)24-20(25)14-23-21(15(2)3)16-9-11-17(22)12-10-16/h5-12,15,21,23H,4,13-14H2,1-3H3,(H,24,25). The van der Waals surface area contributed by atoms with Gasteiger partial charge < -0.3 is 15.4 Å². The Morgan fingerprint density at radius 1 is 1.12 bits per heavy atom. The van der Waals surface area contributed by atoms with Gasteiger partial charge in [0.05, 0.1) is 18.8 Å². The van der Waals surface area contributed by atoms with Gasteiger partial charge in [-0.3, -0.25) is 4.79 Å².